The molecule has 148 valence electrons. The lowest BCUT2D eigenvalue weighted by Gasteiger charge is -2.08. The van der Waals surface area contributed by atoms with Crippen molar-refractivity contribution in [2.45, 2.75) is 20.3 Å². The van der Waals surface area contributed by atoms with E-state index < -0.39 is 0 Å². The molecule has 0 aliphatic rings. The van der Waals surface area contributed by atoms with Gasteiger partial charge in [0.1, 0.15) is 0 Å². The molecule has 0 bridgehead atoms. The quantitative estimate of drug-likeness (QED) is 0.666. The Kier molecular flexibility index (Phi) is 7.63. The summed E-state index contributed by atoms with van der Waals surface area (Å²) in [6, 6.07) is 12.4. The Labute approximate surface area is 165 Å². The van der Waals surface area contributed by atoms with Crippen LogP contribution in [0, 0.1) is 5.92 Å². The number of amides is 2. The Morgan fingerprint density at radius 1 is 0.929 bits per heavy atom. The van der Waals surface area contributed by atoms with Gasteiger partial charge in [-0.05, 0) is 54.0 Å². The van der Waals surface area contributed by atoms with E-state index in [9.17, 15) is 9.59 Å². The second-order valence-electron chi connectivity index (χ2n) is 6.66. The normalized spacial score (nSPS) is 10.8. The van der Waals surface area contributed by atoms with Gasteiger partial charge in [0.15, 0.2) is 11.5 Å². The Hall–Kier alpha value is -3.28. The summed E-state index contributed by atoms with van der Waals surface area (Å²) in [7, 11) is 3.13. The minimum absolute atomic E-state index is 0.0235. The standard InChI is InChI=1S/C22H26N2O4/c1-15(2)13-22(26)24-18-9-7-17(8-10-18)23-21(25)12-6-16-5-11-19(27-3)20(14-16)28-4/h5-12,14-15H,13H2,1-4H3,(H,23,25)(H,24,26)/b12-6+. The first-order valence-corrected chi connectivity index (χ1v) is 9.02. The van der Waals surface area contributed by atoms with Crippen LogP contribution >= 0.6 is 0 Å². The van der Waals surface area contributed by atoms with Crippen molar-refractivity contribution < 1.29 is 19.1 Å². The molecule has 0 aliphatic carbocycles. The van der Waals surface area contributed by atoms with Gasteiger partial charge in [-0.3, -0.25) is 9.59 Å². The van der Waals surface area contributed by atoms with E-state index in [-0.39, 0.29) is 11.8 Å². The van der Waals surface area contributed by atoms with Crippen LogP contribution in [0.2, 0.25) is 0 Å². The number of nitrogens with one attached hydrogen (secondary N) is 2. The third kappa shape index (κ3) is 6.46. The maximum absolute atomic E-state index is 12.1. The van der Waals surface area contributed by atoms with E-state index in [4.69, 9.17) is 9.47 Å². The van der Waals surface area contributed by atoms with Crippen LogP contribution in [0.25, 0.3) is 6.08 Å². The third-order valence-corrected chi connectivity index (χ3v) is 3.86. The smallest absolute Gasteiger partial charge is 0.248 e. The summed E-state index contributed by atoms with van der Waals surface area (Å²) in [5.74, 6) is 1.25. The Bertz CT molecular complexity index is 842. The fourth-order valence-electron chi connectivity index (χ4n) is 2.53. The van der Waals surface area contributed by atoms with Crippen LogP contribution in [-0.2, 0) is 9.59 Å². The number of carbonyl (C=O) groups excluding carboxylic acids is 2. The Morgan fingerprint density at radius 3 is 2.11 bits per heavy atom. The van der Waals surface area contributed by atoms with Crippen molar-refractivity contribution in [3.8, 4) is 11.5 Å². The van der Waals surface area contributed by atoms with Crippen LogP contribution in [-0.4, -0.2) is 26.0 Å². The molecular formula is C22H26N2O4. The summed E-state index contributed by atoms with van der Waals surface area (Å²) in [5.41, 5.74) is 2.16. The van der Waals surface area contributed by atoms with Gasteiger partial charge in [-0.1, -0.05) is 19.9 Å². The van der Waals surface area contributed by atoms with Crippen LogP contribution in [0.5, 0.6) is 11.5 Å². The van der Waals surface area contributed by atoms with Crippen LogP contribution in [0.15, 0.2) is 48.5 Å². The molecule has 0 fully saturated rings. The molecule has 2 amide bonds. The predicted molar refractivity (Wildman–Crippen MR) is 112 cm³/mol. The molecule has 2 aromatic rings. The monoisotopic (exact) mass is 382 g/mol. The zero-order valence-corrected chi connectivity index (χ0v) is 16.6. The van der Waals surface area contributed by atoms with E-state index in [1.54, 1.807) is 56.7 Å². The number of carbonyl (C=O) groups is 2. The molecule has 2 N–H and O–H groups in total. The van der Waals surface area contributed by atoms with Crippen molar-refractivity contribution in [1.82, 2.24) is 0 Å². The Morgan fingerprint density at radius 2 is 1.54 bits per heavy atom. The number of methoxy groups -OCH3 is 2. The molecule has 28 heavy (non-hydrogen) atoms. The fourth-order valence-corrected chi connectivity index (χ4v) is 2.53. The summed E-state index contributed by atoms with van der Waals surface area (Å²) in [6.07, 6.45) is 3.61. The van der Waals surface area contributed by atoms with E-state index in [0.717, 1.165) is 5.56 Å². The topological polar surface area (TPSA) is 76.7 Å². The Balaban J connectivity index is 1.94. The SMILES string of the molecule is COc1ccc(/C=C/C(=O)Nc2ccc(NC(=O)CC(C)C)cc2)cc1OC. The molecule has 0 aromatic heterocycles. The number of anilines is 2. The predicted octanol–water partition coefficient (Wildman–Crippen LogP) is 4.34. The first kappa shape index (κ1) is 21.0. The highest BCUT2D eigenvalue weighted by atomic mass is 16.5. The largest absolute Gasteiger partial charge is 0.493 e. The molecule has 2 aromatic carbocycles. The van der Waals surface area contributed by atoms with Gasteiger partial charge < -0.3 is 20.1 Å². The minimum atomic E-state index is -0.258. The molecule has 6 heteroatoms. The highest BCUT2D eigenvalue weighted by molar-refractivity contribution is 6.02. The van der Waals surface area contributed by atoms with Crippen LogP contribution in [0.3, 0.4) is 0 Å². The van der Waals surface area contributed by atoms with Crippen molar-refractivity contribution in [3.63, 3.8) is 0 Å². The number of rotatable bonds is 8. The molecule has 2 rings (SSSR count). The second-order valence-corrected chi connectivity index (χ2v) is 6.66. The maximum atomic E-state index is 12.1. The molecule has 0 atom stereocenters. The van der Waals surface area contributed by atoms with E-state index in [1.165, 1.54) is 6.08 Å². The van der Waals surface area contributed by atoms with E-state index in [0.29, 0.717) is 35.2 Å². The molecule has 0 saturated carbocycles. The first-order chi connectivity index (χ1) is 13.4. The van der Waals surface area contributed by atoms with Gasteiger partial charge in [-0.2, -0.15) is 0 Å². The van der Waals surface area contributed by atoms with Crippen LogP contribution in [0.4, 0.5) is 11.4 Å². The molecule has 0 aliphatic heterocycles. The summed E-state index contributed by atoms with van der Waals surface area (Å²) in [6.45, 7) is 3.99. The lowest BCUT2D eigenvalue weighted by molar-refractivity contribution is -0.117. The summed E-state index contributed by atoms with van der Waals surface area (Å²) >= 11 is 0. The van der Waals surface area contributed by atoms with Crippen molar-refractivity contribution in [1.29, 1.82) is 0 Å². The van der Waals surface area contributed by atoms with E-state index >= 15 is 0 Å². The van der Waals surface area contributed by atoms with Gasteiger partial charge in [0, 0.05) is 23.9 Å². The summed E-state index contributed by atoms with van der Waals surface area (Å²) in [5, 5.41) is 5.61. The van der Waals surface area contributed by atoms with Crippen LogP contribution < -0.4 is 20.1 Å². The molecule has 0 spiro atoms. The molecular weight excluding hydrogens is 356 g/mol. The van der Waals surface area contributed by atoms with Gasteiger partial charge in [0.25, 0.3) is 0 Å². The van der Waals surface area contributed by atoms with Crippen molar-refractivity contribution in [3.05, 3.63) is 54.1 Å². The maximum Gasteiger partial charge on any atom is 0.248 e. The molecule has 0 heterocycles. The number of benzene rings is 2. The van der Waals surface area contributed by atoms with E-state index in [1.807, 2.05) is 19.9 Å². The lowest BCUT2D eigenvalue weighted by Crippen LogP contribution is -2.14. The number of ether oxygens (including phenoxy) is 2. The summed E-state index contributed by atoms with van der Waals surface area (Å²) < 4.78 is 10.4. The number of hydrogen-bond acceptors (Lipinski definition) is 4. The molecule has 0 unspecified atom stereocenters. The average molecular weight is 382 g/mol. The minimum Gasteiger partial charge on any atom is -0.493 e. The highest BCUT2D eigenvalue weighted by Gasteiger charge is 2.06. The zero-order chi connectivity index (χ0) is 20.5. The van der Waals surface area contributed by atoms with Crippen molar-refractivity contribution >= 4 is 29.3 Å². The van der Waals surface area contributed by atoms with Crippen LogP contribution in [0.1, 0.15) is 25.8 Å². The highest BCUT2D eigenvalue weighted by Crippen LogP contribution is 2.28. The molecule has 0 saturated heterocycles. The zero-order valence-electron chi connectivity index (χ0n) is 16.6. The van der Waals surface area contributed by atoms with Gasteiger partial charge in [0.05, 0.1) is 14.2 Å². The van der Waals surface area contributed by atoms with Gasteiger partial charge in [0.2, 0.25) is 11.8 Å². The van der Waals surface area contributed by atoms with Gasteiger partial charge in [-0.25, -0.2) is 0 Å². The third-order valence-electron chi connectivity index (χ3n) is 3.86. The van der Waals surface area contributed by atoms with Crippen molar-refractivity contribution in [2.24, 2.45) is 5.92 Å². The second kappa shape index (κ2) is 10.2. The first-order valence-electron chi connectivity index (χ1n) is 9.02. The number of hydrogen-bond donors (Lipinski definition) is 2. The van der Waals surface area contributed by atoms with Gasteiger partial charge >= 0.3 is 0 Å². The molecule has 0 radical (unpaired) electrons. The molecule has 6 nitrogen and oxygen atoms in total. The fraction of sp³-hybridized carbons (Fsp3) is 0.273. The lowest BCUT2D eigenvalue weighted by atomic mass is 10.1. The van der Waals surface area contributed by atoms with E-state index in [2.05, 4.69) is 10.6 Å². The summed E-state index contributed by atoms with van der Waals surface area (Å²) in [4.78, 5) is 23.9. The van der Waals surface area contributed by atoms with Gasteiger partial charge in [-0.15, -0.1) is 0 Å². The van der Waals surface area contributed by atoms with Crippen molar-refractivity contribution in [2.75, 3.05) is 24.9 Å². The average Bonchev–Trinajstić information content (AvgIpc) is 2.67.